The standard InChI is InChI=1S/C21H23F2N3O3/c1-12-2-5-17-18(26(12)20(27)28)7-6-16(13-10-24-25(11-13)14-3-4-14)19(17)29-15-8-21(22,23)9-15/h6-7,10-12,14-15H,2-5,8-9H2,1H3,(H,27,28)/t12-/m0/s1. The number of fused-ring (bicyclic) bond motifs is 1. The van der Waals surface area contributed by atoms with Crippen LogP contribution in [0.25, 0.3) is 11.1 Å². The van der Waals surface area contributed by atoms with Crippen LogP contribution in [0.15, 0.2) is 24.5 Å². The van der Waals surface area contributed by atoms with Crippen molar-refractivity contribution in [3.8, 4) is 16.9 Å². The van der Waals surface area contributed by atoms with E-state index in [9.17, 15) is 18.7 Å². The van der Waals surface area contributed by atoms with Crippen LogP contribution in [-0.2, 0) is 6.42 Å². The Morgan fingerprint density at radius 1 is 1.28 bits per heavy atom. The molecule has 2 fully saturated rings. The Kier molecular flexibility index (Phi) is 4.08. The minimum Gasteiger partial charge on any atom is -0.489 e. The first-order valence-electron chi connectivity index (χ1n) is 10.1. The highest BCUT2D eigenvalue weighted by molar-refractivity contribution is 5.91. The molecule has 2 aliphatic carbocycles. The molecule has 1 N–H and O–H groups in total. The van der Waals surface area contributed by atoms with E-state index in [-0.39, 0.29) is 18.9 Å². The van der Waals surface area contributed by atoms with Crippen LogP contribution in [-0.4, -0.2) is 39.0 Å². The summed E-state index contributed by atoms with van der Waals surface area (Å²) >= 11 is 0. The van der Waals surface area contributed by atoms with E-state index in [1.165, 1.54) is 4.90 Å². The Hall–Kier alpha value is -2.64. The maximum Gasteiger partial charge on any atom is 0.412 e. The van der Waals surface area contributed by atoms with E-state index in [0.717, 1.165) is 29.5 Å². The van der Waals surface area contributed by atoms with Crippen LogP contribution in [0, 0.1) is 0 Å². The maximum absolute atomic E-state index is 13.4. The molecular formula is C21H23F2N3O3. The van der Waals surface area contributed by atoms with Crippen molar-refractivity contribution >= 4 is 11.8 Å². The Balaban J connectivity index is 1.57. The Morgan fingerprint density at radius 3 is 2.69 bits per heavy atom. The fourth-order valence-corrected chi connectivity index (χ4v) is 4.33. The van der Waals surface area contributed by atoms with Crippen molar-refractivity contribution in [3.63, 3.8) is 0 Å². The second kappa shape index (κ2) is 6.43. The van der Waals surface area contributed by atoms with Crippen LogP contribution < -0.4 is 9.64 Å². The van der Waals surface area contributed by atoms with Gasteiger partial charge < -0.3 is 9.84 Å². The molecule has 0 spiro atoms. The van der Waals surface area contributed by atoms with Crippen molar-refractivity contribution in [1.29, 1.82) is 0 Å². The molecule has 3 aliphatic rings. The summed E-state index contributed by atoms with van der Waals surface area (Å²) in [5, 5.41) is 14.1. The highest BCUT2D eigenvalue weighted by Crippen LogP contribution is 2.47. The number of amides is 1. The summed E-state index contributed by atoms with van der Waals surface area (Å²) < 4.78 is 34.8. The van der Waals surface area contributed by atoms with Crippen molar-refractivity contribution in [2.45, 2.75) is 69.6 Å². The van der Waals surface area contributed by atoms with Crippen molar-refractivity contribution in [3.05, 3.63) is 30.1 Å². The lowest BCUT2D eigenvalue weighted by molar-refractivity contribution is -0.134. The lowest BCUT2D eigenvalue weighted by atomic mass is 9.89. The van der Waals surface area contributed by atoms with Gasteiger partial charge in [0, 0.05) is 41.8 Å². The van der Waals surface area contributed by atoms with Crippen LogP contribution >= 0.6 is 0 Å². The normalized spacial score (nSPS) is 23.4. The Bertz CT molecular complexity index is 962. The molecule has 1 aromatic carbocycles. The van der Waals surface area contributed by atoms with E-state index in [4.69, 9.17) is 4.74 Å². The number of ether oxygens (including phenoxy) is 1. The van der Waals surface area contributed by atoms with Gasteiger partial charge in [0.25, 0.3) is 5.92 Å². The fourth-order valence-electron chi connectivity index (χ4n) is 4.33. The summed E-state index contributed by atoms with van der Waals surface area (Å²) in [6.45, 7) is 1.87. The van der Waals surface area contributed by atoms with Gasteiger partial charge in [-0.15, -0.1) is 0 Å². The van der Waals surface area contributed by atoms with Gasteiger partial charge in [-0.2, -0.15) is 5.10 Å². The third kappa shape index (κ3) is 3.24. The number of nitrogens with zero attached hydrogens (tertiary/aromatic N) is 3. The molecule has 1 amide bonds. The first kappa shape index (κ1) is 18.4. The minimum absolute atomic E-state index is 0.149. The summed E-state index contributed by atoms with van der Waals surface area (Å²) in [7, 11) is 0. The molecule has 8 heteroatoms. The molecule has 0 unspecified atom stereocenters. The molecule has 1 aliphatic heterocycles. The Labute approximate surface area is 167 Å². The number of carboxylic acid groups (broad SMARTS) is 1. The summed E-state index contributed by atoms with van der Waals surface area (Å²) in [5.74, 6) is -2.16. The SMILES string of the molecule is C[C@H]1CCc2c(ccc(-c3cnn(C4CC4)c3)c2OC2CC(F)(F)C2)N1C(=O)O. The lowest BCUT2D eigenvalue weighted by Crippen LogP contribution is -2.44. The van der Waals surface area contributed by atoms with Crippen LogP contribution in [0.4, 0.5) is 19.3 Å². The zero-order valence-electron chi connectivity index (χ0n) is 16.1. The van der Waals surface area contributed by atoms with Crippen LogP contribution in [0.1, 0.15) is 50.6 Å². The molecule has 6 nitrogen and oxygen atoms in total. The number of anilines is 1. The quantitative estimate of drug-likeness (QED) is 0.790. The third-order valence-corrected chi connectivity index (χ3v) is 6.12. The molecule has 2 saturated carbocycles. The number of carbonyl (C=O) groups is 1. The summed E-state index contributed by atoms with van der Waals surface area (Å²) in [4.78, 5) is 13.2. The average molecular weight is 403 g/mol. The average Bonchev–Trinajstić information content (AvgIpc) is 3.37. The van der Waals surface area contributed by atoms with E-state index >= 15 is 0 Å². The second-order valence-electron chi connectivity index (χ2n) is 8.42. The summed E-state index contributed by atoms with van der Waals surface area (Å²) in [6, 6.07) is 3.90. The molecule has 5 rings (SSSR count). The van der Waals surface area contributed by atoms with Crippen molar-refractivity contribution in [1.82, 2.24) is 9.78 Å². The van der Waals surface area contributed by atoms with E-state index in [2.05, 4.69) is 5.10 Å². The predicted molar refractivity (Wildman–Crippen MR) is 103 cm³/mol. The van der Waals surface area contributed by atoms with Crippen molar-refractivity contribution < 1.29 is 23.4 Å². The second-order valence-corrected chi connectivity index (χ2v) is 8.42. The molecule has 2 aromatic rings. The highest BCUT2D eigenvalue weighted by atomic mass is 19.3. The summed E-state index contributed by atoms with van der Waals surface area (Å²) in [5.41, 5.74) is 3.00. The molecule has 154 valence electrons. The van der Waals surface area contributed by atoms with E-state index in [0.29, 0.717) is 30.3 Å². The van der Waals surface area contributed by atoms with Gasteiger partial charge in [0.1, 0.15) is 11.9 Å². The molecule has 2 heterocycles. The number of alkyl halides is 2. The van der Waals surface area contributed by atoms with Gasteiger partial charge in [-0.1, -0.05) is 0 Å². The van der Waals surface area contributed by atoms with Gasteiger partial charge in [-0.05, 0) is 44.7 Å². The van der Waals surface area contributed by atoms with Crippen molar-refractivity contribution in [2.75, 3.05) is 4.90 Å². The van der Waals surface area contributed by atoms with E-state index in [1.54, 1.807) is 12.3 Å². The molecule has 1 atom stereocenters. The predicted octanol–water partition coefficient (Wildman–Crippen LogP) is 4.88. The number of aromatic nitrogens is 2. The van der Waals surface area contributed by atoms with Gasteiger partial charge in [0.05, 0.1) is 17.9 Å². The van der Waals surface area contributed by atoms with Crippen LogP contribution in [0.3, 0.4) is 0 Å². The minimum atomic E-state index is -2.68. The third-order valence-electron chi connectivity index (χ3n) is 6.12. The first-order chi connectivity index (χ1) is 13.8. The van der Waals surface area contributed by atoms with Gasteiger partial charge >= 0.3 is 6.09 Å². The number of rotatable bonds is 4. The highest BCUT2D eigenvalue weighted by Gasteiger charge is 2.47. The zero-order chi connectivity index (χ0) is 20.3. The monoisotopic (exact) mass is 403 g/mol. The van der Waals surface area contributed by atoms with Gasteiger partial charge in [0.15, 0.2) is 0 Å². The number of hydrogen-bond donors (Lipinski definition) is 1. The fraction of sp³-hybridized carbons (Fsp3) is 0.524. The topological polar surface area (TPSA) is 67.6 Å². The zero-order valence-corrected chi connectivity index (χ0v) is 16.1. The molecular weight excluding hydrogens is 380 g/mol. The smallest absolute Gasteiger partial charge is 0.412 e. The molecule has 0 radical (unpaired) electrons. The maximum atomic E-state index is 13.4. The number of benzene rings is 1. The van der Waals surface area contributed by atoms with E-state index in [1.807, 2.05) is 23.9 Å². The molecule has 29 heavy (non-hydrogen) atoms. The largest absolute Gasteiger partial charge is 0.489 e. The van der Waals surface area contributed by atoms with Gasteiger partial charge in [0.2, 0.25) is 0 Å². The van der Waals surface area contributed by atoms with E-state index < -0.39 is 18.1 Å². The lowest BCUT2D eigenvalue weighted by Gasteiger charge is -2.38. The van der Waals surface area contributed by atoms with Crippen LogP contribution in [0.2, 0.25) is 0 Å². The van der Waals surface area contributed by atoms with Crippen molar-refractivity contribution in [2.24, 2.45) is 0 Å². The Morgan fingerprint density at radius 2 is 2.03 bits per heavy atom. The first-order valence-corrected chi connectivity index (χ1v) is 10.1. The van der Waals surface area contributed by atoms with Gasteiger partial charge in [-0.3, -0.25) is 9.58 Å². The molecule has 0 bridgehead atoms. The molecule has 0 saturated heterocycles. The molecule has 1 aromatic heterocycles. The summed E-state index contributed by atoms with van der Waals surface area (Å²) in [6.07, 6.45) is 5.04. The number of hydrogen-bond acceptors (Lipinski definition) is 3. The van der Waals surface area contributed by atoms with Crippen LogP contribution in [0.5, 0.6) is 5.75 Å². The van der Waals surface area contributed by atoms with Gasteiger partial charge in [-0.25, -0.2) is 13.6 Å². The number of halogens is 2.